The lowest BCUT2D eigenvalue weighted by Gasteiger charge is -2.48. The molecule has 3 heterocycles. The summed E-state index contributed by atoms with van der Waals surface area (Å²) in [5, 5.41) is 2.40. The van der Waals surface area contributed by atoms with Gasteiger partial charge in [-0.1, -0.05) is 144 Å². The van der Waals surface area contributed by atoms with Crippen molar-refractivity contribution in [1.82, 2.24) is 0 Å². The minimum atomic E-state index is -0.0471. The summed E-state index contributed by atoms with van der Waals surface area (Å²) in [5.74, 6) is 0. The van der Waals surface area contributed by atoms with Crippen LogP contribution in [0.4, 0.5) is 34.1 Å². The van der Waals surface area contributed by atoms with Crippen molar-refractivity contribution in [1.29, 1.82) is 0 Å². The molecule has 0 spiro atoms. The highest BCUT2D eigenvalue weighted by atomic mass is 16.3. The first-order chi connectivity index (χ1) is 33.5. The third kappa shape index (κ3) is 6.47. The average Bonchev–Trinajstić information content (AvgIpc) is 3.69. The molecular weight excluding hydrogens is 860 g/mol. The summed E-state index contributed by atoms with van der Waals surface area (Å²) in [6.07, 6.45) is 7.02. The number of hydrogen-bond donors (Lipinski definition) is 0. The van der Waals surface area contributed by atoms with E-state index in [4.69, 9.17) is 4.42 Å². The van der Waals surface area contributed by atoms with Crippen molar-refractivity contribution in [3.63, 3.8) is 0 Å². The van der Waals surface area contributed by atoms with Crippen molar-refractivity contribution in [3.05, 3.63) is 160 Å². The topological polar surface area (TPSA) is 19.6 Å². The van der Waals surface area contributed by atoms with Gasteiger partial charge in [0.2, 0.25) is 0 Å². The average molecular weight is 931 g/mol. The smallest absolute Gasteiger partial charge is 0.252 e. The molecule has 3 aliphatic carbocycles. The van der Waals surface area contributed by atoms with Crippen LogP contribution in [0.2, 0.25) is 0 Å². The SMILES string of the molecule is Cc1ccccc1N1c2cc3c(cc2B2c4cc5c(cc4N(c4ccc6c(c4)C(C)(C)CCC6(C)C)c4cc(-c6ccccc6)cc1c42)C(C)(C)CCC5(C)C)oc1cc2c(cc13)C(C)(C)CCC2(C)C. The maximum Gasteiger partial charge on any atom is 0.252 e. The van der Waals surface area contributed by atoms with Crippen LogP contribution in [0, 0.1) is 6.92 Å². The molecule has 358 valence electrons. The molecule has 2 aliphatic heterocycles. The van der Waals surface area contributed by atoms with Crippen LogP contribution >= 0.6 is 0 Å². The molecule has 5 aliphatic rings. The first kappa shape index (κ1) is 44.9. The van der Waals surface area contributed by atoms with E-state index in [1.807, 2.05) is 0 Å². The molecule has 7 aromatic carbocycles. The van der Waals surface area contributed by atoms with Gasteiger partial charge in [0.25, 0.3) is 6.71 Å². The number of para-hydroxylation sites is 1. The number of hydrogen-bond acceptors (Lipinski definition) is 3. The summed E-state index contributed by atoms with van der Waals surface area (Å²) in [4.78, 5) is 5.32. The Morgan fingerprint density at radius 1 is 0.380 bits per heavy atom. The molecule has 0 saturated heterocycles. The number of anilines is 6. The van der Waals surface area contributed by atoms with E-state index in [0.717, 1.165) is 24.0 Å². The van der Waals surface area contributed by atoms with Gasteiger partial charge in [0, 0.05) is 44.9 Å². The zero-order valence-corrected chi connectivity index (χ0v) is 44.7. The summed E-state index contributed by atoms with van der Waals surface area (Å²) in [7, 11) is 0. The fraction of sp³-hybridized carbons (Fsp3) is 0.373. The summed E-state index contributed by atoms with van der Waals surface area (Å²) in [5.41, 5.74) is 26.4. The van der Waals surface area contributed by atoms with Gasteiger partial charge in [-0.15, -0.1) is 0 Å². The lowest BCUT2D eigenvalue weighted by molar-refractivity contribution is 0.332. The highest BCUT2D eigenvalue weighted by Crippen LogP contribution is 2.55. The summed E-state index contributed by atoms with van der Waals surface area (Å²) < 4.78 is 7.21. The summed E-state index contributed by atoms with van der Waals surface area (Å²) >= 11 is 0. The van der Waals surface area contributed by atoms with Gasteiger partial charge in [-0.05, 0) is 205 Å². The molecule has 8 aromatic rings. The summed E-state index contributed by atoms with van der Waals surface area (Å²) in [6.45, 7) is 31.7. The quantitative estimate of drug-likeness (QED) is 0.165. The largest absolute Gasteiger partial charge is 0.456 e. The number of nitrogens with zero attached hydrogens (tertiary/aromatic N) is 2. The molecule has 0 atom stereocenters. The zero-order valence-electron chi connectivity index (χ0n) is 44.7. The van der Waals surface area contributed by atoms with E-state index in [-0.39, 0.29) is 39.2 Å². The highest BCUT2D eigenvalue weighted by molar-refractivity contribution is 7.00. The Balaban J connectivity index is 1.18. The predicted molar refractivity (Wildman–Crippen MR) is 304 cm³/mol. The van der Waals surface area contributed by atoms with Crippen molar-refractivity contribution < 1.29 is 4.42 Å². The molecule has 0 bridgehead atoms. The van der Waals surface area contributed by atoms with Gasteiger partial charge in [-0.2, -0.15) is 0 Å². The van der Waals surface area contributed by atoms with E-state index < -0.39 is 0 Å². The molecule has 0 fully saturated rings. The number of benzene rings is 7. The molecule has 71 heavy (non-hydrogen) atoms. The van der Waals surface area contributed by atoms with Crippen LogP contribution in [0.25, 0.3) is 33.1 Å². The van der Waals surface area contributed by atoms with Crippen molar-refractivity contribution in [2.45, 2.75) is 161 Å². The second-order valence-corrected chi connectivity index (χ2v) is 26.6. The maximum atomic E-state index is 7.21. The van der Waals surface area contributed by atoms with Gasteiger partial charge in [0.1, 0.15) is 11.2 Å². The second kappa shape index (κ2) is 14.6. The van der Waals surface area contributed by atoms with E-state index in [1.54, 1.807) is 0 Å². The first-order valence-corrected chi connectivity index (χ1v) is 26.8. The Hall–Kier alpha value is -6.00. The third-order valence-electron chi connectivity index (χ3n) is 19.2. The molecule has 4 heteroatoms. The van der Waals surface area contributed by atoms with Crippen molar-refractivity contribution in [3.8, 4) is 11.1 Å². The number of aryl methyl sites for hydroxylation is 1. The van der Waals surface area contributed by atoms with Crippen molar-refractivity contribution in [2.75, 3.05) is 9.80 Å². The van der Waals surface area contributed by atoms with Gasteiger partial charge in [-0.25, -0.2) is 0 Å². The standard InChI is InChI=1S/C67H71BN2O/c1-40-19-17-18-22-54(40)70-55-35-45-44-34-48-51(67(12,13)30-27-64(48,6)7)38-59(44)71-60(45)39-53(55)68-52-36-49-50(66(10,11)29-28-65(49,8)9)37-56(52)69(43-23-24-46-47(33-43)63(4,5)26-25-62(46,2)3)57-31-42(32-58(70)61(57)68)41-20-15-14-16-21-41/h14-24,31-39H,25-30H2,1-13H3. The van der Waals surface area contributed by atoms with E-state index >= 15 is 0 Å². The maximum absolute atomic E-state index is 7.21. The lowest BCUT2D eigenvalue weighted by Crippen LogP contribution is -2.62. The number of furan rings is 1. The highest BCUT2D eigenvalue weighted by Gasteiger charge is 2.48. The van der Waals surface area contributed by atoms with Crippen molar-refractivity contribution in [2.24, 2.45) is 0 Å². The zero-order chi connectivity index (χ0) is 49.5. The van der Waals surface area contributed by atoms with Crippen LogP contribution < -0.4 is 26.2 Å². The van der Waals surface area contributed by atoms with Gasteiger partial charge in [0.15, 0.2) is 0 Å². The Bertz CT molecular complexity index is 3580. The Kier molecular flexibility index (Phi) is 9.22. The van der Waals surface area contributed by atoms with E-state index in [1.165, 1.54) is 137 Å². The lowest BCUT2D eigenvalue weighted by atomic mass is 9.33. The molecule has 3 nitrogen and oxygen atoms in total. The molecule has 0 N–H and O–H groups in total. The predicted octanol–water partition coefficient (Wildman–Crippen LogP) is 16.7. The molecule has 0 saturated carbocycles. The monoisotopic (exact) mass is 931 g/mol. The molecule has 0 radical (unpaired) electrons. The number of fused-ring (bicyclic) bond motifs is 10. The molecule has 0 amide bonds. The fourth-order valence-corrected chi connectivity index (χ4v) is 14.2. The molecule has 0 unspecified atom stereocenters. The number of rotatable bonds is 3. The first-order valence-electron chi connectivity index (χ1n) is 26.8. The van der Waals surface area contributed by atoms with Crippen LogP contribution in [0.15, 0.2) is 126 Å². The normalized spacial score (nSPS) is 20.2. The Morgan fingerprint density at radius 3 is 1.49 bits per heavy atom. The molecule has 13 rings (SSSR count). The molecular formula is C67H71BN2O. The van der Waals surface area contributed by atoms with Crippen LogP contribution in [0.3, 0.4) is 0 Å². The third-order valence-corrected chi connectivity index (χ3v) is 19.2. The fourth-order valence-electron chi connectivity index (χ4n) is 14.2. The van der Waals surface area contributed by atoms with Gasteiger partial charge in [-0.3, -0.25) is 0 Å². The second-order valence-electron chi connectivity index (χ2n) is 26.6. The van der Waals surface area contributed by atoms with Crippen molar-refractivity contribution >= 4 is 79.2 Å². The van der Waals surface area contributed by atoms with Crippen LogP contribution in [0.1, 0.15) is 161 Å². The van der Waals surface area contributed by atoms with E-state index in [0.29, 0.717) is 0 Å². The van der Waals surface area contributed by atoms with Crippen LogP contribution in [-0.4, -0.2) is 6.71 Å². The van der Waals surface area contributed by atoms with Gasteiger partial charge < -0.3 is 14.2 Å². The minimum Gasteiger partial charge on any atom is -0.456 e. The van der Waals surface area contributed by atoms with E-state index in [2.05, 4.69) is 221 Å². The van der Waals surface area contributed by atoms with Gasteiger partial charge >= 0.3 is 0 Å². The Labute approximate surface area is 423 Å². The van der Waals surface area contributed by atoms with Crippen LogP contribution in [0.5, 0.6) is 0 Å². The van der Waals surface area contributed by atoms with E-state index in [9.17, 15) is 0 Å². The Morgan fingerprint density at radius 2 is 0.859 bits per heavy atom. The minimum absolute atomic E-state index is 0.0274. The van der Waals surface area contributed by atoms with Gasteiger partial charge in [0.05, 0.1) is 0 Å². The van der Waals surface area contributed by atoms with Crippen LogP contribution in [-0.2, 0) is 32.5 Å². The summed E-state index contributed by atoms with van der Waals surface area (Å²) in [6, 6.07) is 47.9. The molecule has 1 aromatic heterocycles.